The summed E-state index contributed by atoms with van der Waals surface area (Å²) in [5.74, 6) is -6.70. The number of aliphatic carboxylic acids is 2. The summed E-state index contributed by atoms with van der Waals surface area (Å²) in [4.78, 5) is 48.4. The zero-order valence-electron chi connectivity index (χ0n) is 12.6. The number of carbonyl (C=O) groups excluding carboxylic acids is 2. The largest absolute Gasteiger partial charge is 0.481 e. The van der Waals surface area contributed by atoms with E-state index in [0.29, 0.717) is 0 Å². The van der Waals surface area contributed by atoms with Gasteiger partial charge in [0.1, 0.15) is 17.4 Å². The van der Waals surface area contributed by atoms with Crippen LogP contribution in [0.25, 0.3) is 0 Å². The van der Waals surface area contributed by atoms with Crippen LogP contribution in [0.4, 0.5) is 4.79 Å². The predicted octanol–water partition coefficient (Wildman–Crippen LogP) is 0.739. The molecule has 2 heterocycles. The molecule has 2 aliphatic heterocycles. The van der Waals surface area contributed by atoms with Gasteiger partial charge in [-0.2, -0.15) is 0 Å². The normalized spacial score (nSPS) is 31.0. The van der Waals surface area contributed by atoms with Crippen molar-refractivity contribution in [3.63, 3.8) is 0 Å². The van der Waals surface area contributed by atoms with Crippen LogP contribution in [0.3, 0.4) is 0 Å². The average molecular weight is 313 g/mol. The van der Waals surface area contributed by atoms with Gasteiger partial charge >= 0.3 is 18.0 Å². The molecule has 0 radical (unpaired) electrons. The van der Waals surface area contributed by atoms with Crippen LogP contribution < -0.4 is 0 Å². The van der Waals surface area contributed by atoms with E-state index in [1.54, 1.807) is 20.8 Å². The third-order valence-corrected chi connectivity index (χ3v) is 3.99. The molecule has 0 aliphatic carbocycles. The Morgan fingerprint density at radius 2 is 1.45 bits per heavy atom. The van der Waals surface area contributed by atoms with Gasteiger partial charge in [-0.3, -0.25) is 19.3 Å². The van der Waals surface area contributed by atoms with E-state index in [4.69, 9.17) is 4.74 Å². The van der Waals surface area contributed by atoms with E-state index < -0.39 is 53.3 Å². The summed E-state index contributed by atoms with van der Waals surface area (Å²) >= 11 is 0. The van der Waals surface area contributed by atoms with Crippen molar-refractivity contribution >= 4 is 23.8 Å². The smallest absolute Gasteiger partial charge is 0.410 e. The van der Waals surface area contributed by atoms with Gasteiger partial charge in [0.2, 0.25) is 0 Å². The highest BCUT2D eigenvalue weighted by Gasteiger charge is 2.59. The predicted molar refractivity (Wildman–Crippen MR) is 72.1 cm³/mol. The quantitative estimate of drug-likeness (QED) is 0.721. The summed E-state index contributed by atoms with van der Waals surface area (Å²) in [6.07, 6.45) is -0.225. The van der Waals surface area contributed by atoms with Gasteiger partial charge in [-0.25, -0.2) is 4.79 Å². The molecule has 2 fully saturated rings. The zero-order valence-corrected chi connectivity index (χ0v) is 12.6. The molecular weight excluding hydrogens is 294 g/mol. The zero-order chi connectivity index (χ0) is 16.8. The van der Waals surface area contributed by atoms with E-state index >= 15 is 0 Å². The molecule has 2 saturated heterocycles. The van der Waals surface area contributed by atoms with Gasteiger partial charge in [-0.15, -0.1) is 0 Å². The number of ether oxygens (including phenoxy) is 1. The number of carbonyl (C=O) groups is 4. The van der Waals surface area contributed by atoms with Crippen molar-refractivity contribution in [1.29, 1.82) is 0 Å². The number of carboxylic acid groups (broad SMARTS) is 2. The molecule has 4 atom stereocenters. The standard InChI is InChI=1S/C14H19NO7/c1-14(2,3)22-13(21)15-6-4-5-7(15)9(12(19)20)10(16)8(6)11(17)18/h6-9H,4-5H2,1-3H3,(H,17,18)(H,19,20). The fourth-order valence-corrected chi connectivity index (χ4v) is 3.25. The number of amides is 1. The fourth-order valence-electron chi connectivity index (χ4n) is 3.25. The molecule has 2 aliphatic rings. The van der Waals surface area contributed by atoms with Gasteiger partial charge in [0.05, 0.1) is 12.1 Å². The van der Waals surface area contributed by atoms with Crippen LogP contribution in [0, 0.1) is 11.8 Å². The number of ketones is 1. The molecule has 0 aromatic carbocycles. The Hall–Kier alpha value is -2.12. The van der Waals surface area contributed by atoms with Crippen molar-refractivity contribution in [1.82, 2.24) is 4.90 Å². The van der Waals surface area contributed by atoms with E-state index in [1.165, 1.54) is 0 Å². The van der Waals surface area contributed by atoms with Crippen molar-refractivity contribution in [3.05, 3.63) is 0 Å². The first kappa shape index (κ1) is 16.3. The lowest BCUT2D eigenvalue weighted by atomic mass is 9.81. The molecule has 0 aromatic rings. The Kier molecular flexibility index (Phi) is 3.88. The second kappa shape index (κ2) is 5.26. The molecule has 22 heavy (non-hydrogen) atoms. The second-order valence-electron chi connectivity index (χ2n) is 6.63. The number of fused-ring (bicyclic) bond motifs is 2. The van der Waals surface area contributed by atoms with Gasteiger partial charge in [0.25, 0.3) is 0 Å². The topological polar surface area (TPSA) is 121 Å². The van der Waals surface area contributed by atoms with Crippen LogP contribution in [-0.4, -0.2) is 56.6 Å². The minimum absolute atomic E-state index is 0.274. The van der Waals surface area contributed by atoms with E-state index in [1.807, 2.05) is 0 Å². The fraction of sp³-hybridized carbons (Fsp3) is 0.714. The van der Waals surface area contributed by atoms with Gasteiger partial charge in [-0.05, 0) is 33.6 Å². The minimum atomic E-state index is -1.52. The highest BCUT2D eigenvalue weighted by molar-refractivity contribution is 6.10. The molecule has 0 aromatic heterocycles. The third-order valence-electron chi connectivity index (χ3n) is 3.99. The maximum absolute atomic E-state index is 12.3. The third kappa shape index (κ3) is 2.65. The number of nitrogens with zero attached hydrogens (tertiary/aromatic N) is 1. The molecular formula is C14H19NO7. The molecule has 2 bridgehead atoms. The lowest BCUT2D eigenvalue weighted by Crippen LogP contribution is -2.60. The number of hydrogen-bond acceptors (Lipinski definition) is 5. The Morgan fingerprint density at radius 3 is 1.77 bits per heavy atom. The van der Waals surface area contributed by atoms with E-state index in [-0.39, 0.29) is 12.8 Å². The number of piperidine rings is 1. The van der Waals surface area contributed by atoms with Crippen LogP contribution in [0.15, 0.2) is 0 Å². The van der Waals surface area contributed by atoms with E-state index in [2.05, 4.69) is 0 Å². The highest BCUT2D eigenvalue weighted by atomic mass is 16.6. The van der Waals surface area contributed by atoms with Crippen molar-refractivity contribution in [2.75, 3.05) is 0 Å². The number of Topliss-reactive ketones (excluding diaryl/α,β-unsaturated/α-hetero) is 1. The Morgan fingerprint density at radius 1 is 1.05 bits per heavy atom. The lowest BCUT2D eigenvalue weighted by Gasteiger charge is -2.40. The van der Waals surface area contributed by atoms with Crippen molar-refractivity contribution < 1.29 is 34.1 Å². The van der Waals surface area contributed by atoms with Crippen LogP contribution in [-0.2, 0) is 19.1 Å². The molecule has 122 valence electrons. The van der Waals surface area contributed by atoms with Crippen LogP contribution in [0.1, 0.15) is 33.6 Å². The second-order valence-corrected chi connectivity index (χ2v) is 6.63. The van der Waals surface area contributed by atoms with E-state index in [9.17, 15) is 29.4 Å². The SMILES string of the molecule is CC(C)(C)OC(=O)N1C2CCC1C(C(=O)O)C(=O)C2C(=O)O. The van der Waals surface area contributed by atoms with Crippen LogP contribution >= 0.6 is 0 Å². The maximum atomic E-state index is 12.3. The summed E-state index contributed by atoms with van der Waals surface area (Å²) in [7, 11) is 0. The van der Waals surface area contributed by atoms with Gasteiger partial charge in [0.15, 0.2) is 5.78 Å². The summed E-state index contributed by atoms with van der Waals surface area (Å²) < 4.78 is 5.24. The van der Waals surface area contributed by atoms with Crippen molar-refractivity contribution in [2.24, 2.45) is 11.8 Å². The minimum Gasteiger partial charge on any atom is -0.481 e. The summed E-state index contributed by atoms with van der Waals surface area (Å²) in [6.45, 7) is 4.97. The van der Waals surface area contributed by atoms with Gasteiger partial charge in [-0.1, -0.05) is 0 Å². The average Bonchev–Trinajstić information content (AvgIpc) is 2.64. The monoisotopic (exact) mass is 313 g/mol. The van der Waals surface area contributed by atoms with Crippen molar-refractivity contribution in [2.45, 2.75) is 51.3 Å². The molecule has 8 heteroatoms. The summed E-state index contributed by atoms with van der Waals surface area (Å²) in [5.41, 5.74) is -0.796. The number of carboxylic acids is 2. The highest BCUT2D eigenvalue weighted by Crippen LogP contribution is 2.41. The van der Waals surface area contributed by atoms with Crippen LogP contribution in [0.5, 0.6) is 0 Å². The first-order valence-electron chi connectivity index (χ1n) is 7.05. The molecule has 0 saturated carbocycles. The Balaban J connectivity index is 2.39. The Labute approximate surface area is 127 Å². The molecule has 2 rings (SSSR count). The summed E-state index contributed by atoms with van der Waals surface area (Å²) in [6, 6.07) is -1.69. The van der Waals surface area contributed by atoms with Crippen LogP contribution in [0.2, 0.25) is 0 Å². The Bertz CT molecular complexity index is 504. The molecule has 8 nitrogen and oxygen atoms in total. The molecule has 1 amide bonds. The molecule has 0 spiro atoms. The maximum Gasteiger partial charge on any atom is 0.410 e. The van der Waals surface area contributed by atoms with Gasteiger partial charge < -0.3 is 14.9 Å². The number of hydrogen-bond donors (Lipinski definition) is 2. The lowest BCUT2D eigenvalue weighted by molar-refractivity contribution is -0.160. The summed E-state index contributed by atoms with van der Waals surface area (Å²) in [5, 5.41) is 18.5. The molecule has 4 unspecified atom stereocenters. The first-order chi connectivity index (χ1) is 10.0. The van der Waals surface area contributed by atoms with Crippen molar-refractivity contribution in [3.8, 4) is 0 Å². The molecule has 2 N–H and O–H groups in total. The van der Waals surface area contributed by atoms with E-state index in [0.717, 1.165) is 4.90 Å². The number of rotatable bonds is 2. The first-order valence-corrected chi connectivity index (χ1v) is 7.05. The van der Waals surface area contributed by atoms with Gasteiger partial charge in [0, 0.05) is 0 Å².